The van der Waals surface area contributed by atoms with E-state index in [1.807, 2.05) is 32.2 Å². The van der Waals surface area contributed by atoms with Gasteiger partial charge in [0.2, 0.25) is 5.91 Å². The molecule has 17 heavy (non-hydrogen) atoms. The van der Waals surface area contributed by atoms with Gasteiger partial charge in [-0.05, 0) is 18.1 Å². The van der Waals surface area contributed by atoms with Crippen LogP contribution in [-0.2, 0) is 11.2 Å². The van der Waals surface area contributed by atoms with Crippen LogP contribution in [0.4, 0.5) is 0 Å². The Morgan fingerprint density at radius 2 is 2.24 bits per heavy atom. The van der Waals surface area contributed by atoms with Crippen molar-refractivity contribution >= 4 is 5.91 Å². The topological polar surface area (TPSA) is 56.3 Å². The van der Waals surface area contributed by atoms with E-state index in [2.05, 4.69) is 4.98 Å². The predicted octanol–water partition coefficient (Wildman–Crippen LogP) is 1.28. The van der Waals surface area contributed by atoms with E-state index >= 15 is 0 Å². The minimum atomic E-state index is -0.288. The number of H-pyrrole nitrogens is 1. The van der Waals surface area contributed by atoms with Crippen molar-refractivity contribution in [1.82, 2.24) is 9.88 Å². The van der Waals surface area contributed by atoms with Crippen LogP contribution in [-0.4, -0.2) is 41.1 Å². The maximum atomic E-state index is 12.0. The number of carbonyl (C=O) groups is 1. The van der Waals surface area contributed by atoms with Crippen LogP contribution < -0.4 is 0 Å². The Kier molecular flexibility index (Phi) is 5.22. The lowest BCUT2D eigenvalue weighted by Gasteiger charge is -2.24. The third kappa shape index (κ3) is 3.89. The van der Waals surface area contributed by atoms with Crippen LogP contribution in [0.3, 0.4) is 0 Å². The highest BCUT2D eigenvalue weighted by molar-refractivity contribution is 5.78. The zero-order valence-corrected chi connectivity index (χ0v) is 10.8. The number of nitrogens with zero attached hydrogens (tertiary/aromatic N) is 1. The molecule has 1 heterocycles. The number of aliphatic hydroxyl groups is 1. The standard InChI is InChI=1S/C13H22N2O2/c1-10(2)12(9-16)13(17)15(3)8-6-11-5-4-7-14-11/h4-5,7,10,12,14,16H,6,8-9H2,1-3H3. The first-order chi connectivity index (χ1) is 8.06. The van der Waals surface area contributed by atoms with Gasteiger partial charge in [-0.2, -0.15) is 0 Å². The van der Waals surface area contributed by atoms with E-state index in [4.69, 9.17) is 0 Å². The second-order valence-corrected chi connectivity index (χ2v) is 4.74. The van der Waals surface area contributed by atoms with Crippen LogP contribution in [0.25, 0.3) is 0 Å². The molecule has 1 rings (SSSR count). The van der Waals surface area contributed by atoms with Gasteiger partial charge in [0, 0.05) is 31.9 Å². The molecule has 1 aromatic heterocycles. The molecule has 1 aromatic rings. The van der Waals surface area contributed by atoms with Gasteiger partial charge in [-0.15, -0.1) is 0 Å². The first-order valence-corrected chi connectivity index (χ1v) is 6.04. The Morgan fingerprint density at radius 3 is 2.71 bits per heavy atom. The minimum absolute atomic E-state index is 0.0223. The van der Waals surface area contributed by atoms with Crippen LogP contribution in [0.2, 0.25) is 0 Å². The van der Waals surface area contributed by atoms with Crippen molar-refractivity contribution in [3.63, 3.8) is 0 Å². The van der Waals surface area contributed by atoms with E-state index in [9.17, 15) is 9.90 Å². The van der Waals surface area contributed by atoms with Crippen LogP contribution in [0.1, 0.15) is 19.5 Å². The molecule has 0 aromatic carbocycles. The summed E-state index contributed by atoms with van der Waals surface area (Å²) in [7, 11) is 1.79. The molecule has 4 nitrogen and oxygen atoms in total. The van der Waals surface area contributed by atoms with Crippen molar-refractivity contribution in [2.75, 3.05) is 20.2 Å². The zero-order chi connectivity index (χ0) is 12.8. The lowest BCUT2D eigenvalue weighted by molar-refractivity contribution is -0.137. The highest BCUT2D eigenvalue weighted by Crippen LogP contribution is 2.13. The summed E-state index contributed by atoms with van der Waals surface area (Å²) in [4.78, 5) is 16.8. The van der Waals surface area contributed by atoms with Gasteiger partial charge in [0.25, 0.3) is 0 Å². The molecule has 1 atom stereocenters. The van der Waals surface area contributed by atoms with Crippen molar-refractivity contribution in [1.29, 1.82) is 0 Å². The quantitative estimate of drug-likeness (QED) is 0.784. The minimum Gasteiger partial charge on any atom is -0.396 e. The van der Waals surface area contributed by atoms with Gasteiger partial charge in [-0.3, -0.25) is 4.79 Å². The molecule has 0 radical (unpaired) electrons. The van der Waals surface area contributed by atoms with Gasteiger partial charge in [0.05, 0.1) is 12.5 Å². The maximum Gasteiger partial charge on any atom is 0.228 e. The highest BCUT2D eigenvalue weighted by Gasteiger charge is 2.24. The van der Waals surface area contributed by atoms with Crippen molar-refractivity contribution in [2.45, 2.75) is 20.3 Å². The molecule has 2 N–H and O–H groups in total. The van der Waals surface area contributed by atoms with E-state index in [-0.39, 0.29) is 24.3 Å². The van der Waals surface area contributed by atoms with E-state index in [1.54, 1.807) is 11.9 Å². The Labute approximate surface area is 103 Å². The van der Waals surface area contributed by atoms with Crippen molar-refractivity contribution in [2.24, 2.45) is 11.8 Å². The van der Waals surface area contributed by atoms with Crippen LogP contribution in [0, 0.1) is 11.8 Å². The number of rotatable bonds is 6. The normalized spacial score (nSPS) is 12.8. The molecule has 0 spiro atoms. The summed E-state index contributed by atoms with van der Waals surface area (Å²) in [6, 6.07) is 3.95. The summed E-state index contributed by atoms with van der Waals surface area (Å²) < 4.78 is 0. The van der Waals surface area contributed by atoms with Crippen LogP contribution in [0.5, 0.6) is 0 Å². The number of nitrogens with one attached hydrogen (secondary N) is 1. The smallest absolute Gasteiger partial charge is 0.228 e. The zero-order valence-electron chi connectivity index (χ0n) is 10.8. The number of aromatic nitrogens is 1. The molecular formula is C13H22N2O2. The molecule has 0 saturated heterocycles. The Morgan fingerprint density at radius 1 is 1.53 bits per heavy atom. The summed E-state index contributed by atoms with van der Waals surface area (Å²) in [5.41, 5.74) is 1.12. The second kappa shape index (κ2) is 6.45. The number of hydrogen-bond acceptors (Lipinski definition) is 2. The average Bonchev–Trinajstić information content (AvgIpc) is 2.78. The second-order valence-electron chi connectivity index (χ2n) is 4.74. The monoisotopic (exact) mass is 238 g/mol. The number of hydrogen-bond donors (Lipinski definition) is 2. The molecule has 4 heteroatoms. The number of likely N-dealkylation sites (N-methyl/N-ethyl adjacent to an activating group) is 1. The first kappa shape index (κ1) is 13.8. The molecule has 1 unspecified atom stereocenters. The Balaban J connectivity index is 2.46. The van der Waals surface area contributed by atoms with Crippen molar-refractivity contribution in [3.8, 4) is 0 Å². The Hall–Kier alpha value is -1.29. The molecule has 0 aliphatic heterocycles. The van der Waals surface area contributed by atoms with E-state index in [1.165, 1.54) is 0 Å². The SMILES string of the molecule is CC(C)C(CO)C(=O)N(C)CCc1ccc[nH]1. The van der Waals surface area contributed by atoms with Gasteiger partial charge in [0.15, 0.2) is 0 Å². The number of aliphatic hydroxyl groups excluding tert-OH is 1. The fourth-order valence-electron chi connectivity index (χ4n) is 1.78. The molecule has 0 saturated carbocycles. The Bertz CT molecular complexity index is 333. The third-order valence-corrected chi connectivity index (χ3v) is 3.07. The van der Waals surface area contributed by atoms with Crippen molar-refractivity contribution < 1.29 is 9.90 Å². The summed E-state index contributed by atoms with van der Waals surface area (Å²) in [5, 5.41) is 9.21. The average molecular weight is 238 g/mol. The molecular weight excluding hydrogens is 216 g/mol. The van der Waals surface area contributed by atoms with E-state index < -0.39 is 0 Å². The van der Waals surface area contributed by atoms with Gasteiger partial charge < -0.3 is 15.0 Å². The summed E-state index contributed by atoms with van der Waals surface area (Å²) in [5.74, 6) is -0.0989. The molecule has 96 valence electrons. The van der Waals surface area contributed by atoms with E-state index in [0.29, 0.717) is 6.54 Å². The molecule has 0 aliphatic rings. The third-order valence-electron chi connectivity index (χ3n) is 3.07. The molecule has 1 amide bonds. The lowest BCUT2D eigenvalue weighted by atomic mass is 9.95. The van der Waals surface area contributed by atoms with Crippen molar-refractivity contribution in [3.05, 3.63) is 24.0 Å². The molecule has 0 aliphatic carbocycles. The van der Waals surface area contributed by atoms with Gasteiger partial charge in [-0.1, -0.05) is 13.8 Å². The maximum absolute atomic E-state index is 12.0. The molecule has 0 fully saturated rings. The van der Waals surface area contributed by atoms with Crippen LogP contribution >= 0.6 is 0 Å². The fourth-order valence-corrected chi connectivity index (χ4v) is 1.78. The number of carbonyl (C=O) groups excluding carboxylic acids is 1. The summed E-state index contributed by atoms with van der Waals surface area (Å²) in [6.45, 7) is 4.50. The highest BCUT2D eigenvalue weighted by atomic mass is 16.3. The van der Waals surface area contributed by atoms with Gasteiger partial charge >= 0.3 is 0 Å². The fraction of sp³-hybridized carbons (Fsp3) is 0.615. The molecule has 0 bridgehead atoms. The number of amides is 1. The first-order valence-electron chi connectivity index (χ1n) is 6.04. The lowest BCUT2D eigenvalue weighted by Crippen LogP contribution is -2.38. The number of aromatic amines is 1. The van der Waals surface area contributed by atoms with Gasteiger partial charge in [-0.25, -0.2) is 0 Å². The van der Waals surface area contributed by atoms with Gasteiger partial charge in [0.1, 0.15) is 0 Å². The van der Waals surface area contributed by atoms with E-state index in [0.717, 1.165) is 12.1 Å². The largest absolute Gasteiger partial charge is 0.396 e. The van der Waals surface area contributed by atoms with Crippen LogP contribution in [0.15, 0.2) is 18.3 Å². The predicted molar refractivity (Wildman–Crippen MR) is 67.5 cm³/mol. The summed E-state index contributed by atoms with van der Waals surface area (Å²) >= 11 is 0. The summed E-state index contributed by atoms with van der Waals surface area (Å²) in [6.07, 6.45) is 2.69.